The van der Waals surface area contributed by atoms with Crippen LogP contribution in [0.3, 0.4) is 0 Å². The monoisotopic (exact) mass is 316 g/mol. The van der Waals surface area contributed by atoms with Crippen LogP contribution in [-0.4, -0.2) is 30.0 Å². The number of ether oxygens (including phenoxy) is 1. The van der Waals surface area contributed by atoms with E-state index in [0.717, 1.165) is 10.6 Å². The van der Waals surface area contributed by atoms with E-state index in [1.54, 1.807) is 6.92 Å². The summed E-state index contributed by atoms with van der Waals surface area (Å²) >= 11 is 1.45. The predicted molar refractivity (Wildman–Crippen MR) is 83.9 cm³/mol. The van der Waals surface area contributed by atoms with Crippen LogP contribution in [0.25, 0.3) is 0 Å². The highest BCUT2D eigenvalue weighted by molar-refractivity contribution is 7.10. The number of rotatable bonds is 5. The molecule has 0 saturated carbocycles. The first-order valence-electron chi connectivity index (χ1n) is 6.97. The van der Waals surface area contributed by atoms with E-state index in [2.05, 4.69) is 5.32 Å². The first-order chi connectivity index (χ1) is 10.6. The highest BCUT2D eigenvalue weighted by atomic mass is 32.1. The van der Waals surface area contributed by atoms with Crippen LogP contribution in [0.4, 0.5) is 4.79 Å². The van der Waals surface area contributed by atoms with E-state index in [1.807, 2.05) is 47.8 Å². The summed E-state index contributed by atoms with van der Waals surface area (Å²) < 4.78 is 5.55. The second kappa shape index (κ2) is 5.81. The molecule has 2 heterocycles. The normalized spacial score (nSPS) is 21.0. The fourth-order valence-electron chi connectivity index (χ4n) is 2.40. The molecule has 1 aliphatic rings. The molecular formula is C16H16N2O3S. The molecule has 1 atom stereocenters. The summed E-state index contributed by atoms with van der Waals surface area (Å²) in [5.41, 5.74) is -0.974. The number of carbonyl (C=O) groups excluding carboxylic acids is 2. The molecular weight excluding hydrogens is 300 g/mol. The average molecular weight is 316 g/mol. The van der Waals surface area contributed by atoms with Crippen molar-refractivity contribution >= 4 is 23.3 Å². The minimum Gasteiger partial charge on any atom is -0.492 e. The van der Waals surface area contributed by atoms with Crippen LogP contribution in [0.1, 0.15) is 11.8 Å². The van der Waals surface area contributed by atoms with Crippen LogP contribution >= 0.6 is 11.3 Å². The topological polar surface area (TPSA) is 58.6 Å². The molecule has 1 aromatic heterocycles. The van der Waals surface area contributed by atoms with Gasteiger partial charge in [0.15, 0.2) is 5.54 Å². The number of benzene rings is 1. The SMILES string of the molecule is CC1(c2cccs2)NC(=O)N(CCOc2ccccc2)C1=O. The van der Waals surface area contributed by atoms with Crippen molar-refractivity contribution in [2.45, 2.75) is 12.5 Å². The molecule has 0 aliphatic carbocycles. The maximum atomic E-state index is 12.6. The van der Waals surface area contributed by atoms with E-state index >= 15 is 0 Å². The first kappa shape index (κ1) is 14.6. The molecule has 1 aliphatic heterocycles. The number of hydrogen-bond acceptors (Lipinski definition) is 4. The van der Waals surface area contributed by atoms with Gasteiger partial charge in [-0.2, -0.15) is 0 Å². The third-order valence-electron chi connectivity index (χ3n) is 3.62. The molecule has 5 nitrogen and oxygen atoms in total. The molecule has 3 amide bonds. The number of para-hydroxylation sites is 1. The van der Waals surface area contributed by atoms with Gasteiger partial charge in [-0.25, -0.2) is 4.79 Å². The van der Waals surface area contributed by atoms with Gasteiger partial charge in [-0.3, -0.25) is 9.69 Å². The second-order valence-electron chi connectivity index (χ2n) is 5.15. The molecule has 0 bridgehead atoms. The Labute approximate surface area is 132 Å². The number of hydrogen-bond donors (Lipinski definition) is 1. The van der Waals surface area contributed by atoms with Crippen molar-refractivity contribution in [3.05, 3.63) is 52.7 Å². The fraction of sp³-hybridized carbons (Fsp3) is 0.250. The van der Waals surface area contributed by atoms with Crippen molar-refractivity contribution in [3.63, 3.8) is 0 Å². The van der Waals surface area contributed by atoms with E-state index < -0.39 is 5.54 Å². The van der Waals surface area contributed by atoms with Crippen LogP contribution in [0.5, 0.6) is 5.75 Å². The maximum Gasteiger partial charge on any atom is 0.325 e. The largest absolute Gasteiger partial charge is 0.492 e. The molecule has 2 aromatic rings. The van der Waals surface area contributed by atoms with Crippen molar-refractivity contribution < 1.29 is 14.3 Å². The summed E-state index contributed by atoms with van der Waals surface area (Å²) in [6.07, 6.45) is 0. The van der Waals surface area contributed by atoms with Crippen LogP contribution in [0.15, 0.2) is 47.8 Å². The molecule has 1 N–H and O–H groups in total. The fourth-order valence-corrected chi connectivity index (χ4v) is 3.24. The minimum absolute atomic E-state index is 0.223. The molecule has 1 unspecified atom stereocenters. The summed E-state index contributed by atoms with van der Waals surface area (Å²) in [5, 5.41) is 4.66. The summed E-state index contributed by atoms with van der Waals surface area (Å²) in [6, 6.07) is 12.7. The van der Waals surface area contributed by atoms with Crippen molar-refractivity contribution in [2.24, 2.45) is 0 Å². The van der Waals surface area contributed by atoms with Gasteiger partial charge < -0.3 is 10.1 Å². The van der Waals surface area contributed by atoms with E-state index in [-0.39, 0.29) is 25.1 Å². The lowest BCUT2D eigenvalue weighted by Crippen LogP contribution is -2.40. The van der Waals surface area contributed by atoms with Crippen LogP contribution in [-0.2, 0) is 10.3 Å². The molecule has 0 spiro atoms. The number of imide groups is 1. The van der Waals surface area contributed by atoms with Gasteiger partial charge in [-0.1, -0.05) is 24.3 Å². The quantitative estimate of drug-likeness (QED) is 0.863. The van der Waals surface area contributed by atoms with Crippen molar-refractivity contribution in [1.29, 1.82) is 0 Å². The zero-order valence-electron chi connectivity index (χ0n) is 12.1. The molecule has 1 aromatic carbocycles. The maximum absolute atomic E-state index is 12.6. The Bertz CT molecular complexity index is 672. The Morgan fingerprint density at radius 3 is 2.64 bits per heavy atom. The van der Waals surface area contributed by atoms with Gasteiger partial charge in [-0.05, 0) is 30.5 Å². The van der Waals surface area contributed by atoms with Gasteiger partial charge in [0.1, 0.15) is 12.4 Å². The van der Waals surface area contributed by atoms with Crippen molar-refractivity contribution in [2.75, 3.05) is 13.2 Å². The molecule has 1 fully saturated rings. The van der Waals surface area contributed by atoms with E-state index in [0.29, 0.717) is 0 Å². The number of carbonyl (C=O) groups is 2. The highest BCUT2D eigenvalue weighted by Crippen LogP contribution is 2.31. The summed E-state index contributed by atoms with van der Waals surface area (Å²) in [4.78, 5) is 26.7. The van der Waals surface area contributed by atoms with E-state index in [9.17, 15) is 9.59 Å². The summed E-state index contributed by atoms with van der Waals surface area (Å²) in [7, 11) is 0. The molecule has 3 rings (SSSR count). The van der Waals surface area contributed by atoms with Gasteiger partial charge in [0.25, 0.3) is 5.91 Å². The second-order valence-corrected chi connectivity index (χ2v) is 6.10. The third kappa shape index (κ3) is 2.57. The zero-order valence-corrected chi connectivity index (χ0v) is 12.9. The molecule has 114 valence electrons. The number of nitrogens with one attached hydrogen (secondary N) is 1. The Hall–Kier alpha value is -2.34. The lowest BCUT2D eigenvalue weighted by atomic mass is 10.0. The van der Waals surface area contributed by atoms with E-state index in [4.69, 9.17) is 4.74 Å². The number of amides is 3. The molecule has 0 radical (unpaired) electrons. The highest BCUT2D eigenvalue weighted by Gasteiger charge is 2.49. The van der Waals surface area contributed by atoms with Gasteiger partial charge in [-0.15, -0.1) is 11.3 Å². The third-order valence-corrected chi connectivity index (χ3v) is 4.71. The molecule has 1 saturated heterocycles. The van der Waals surface area contributed by atoms with Crippen molar-refractivity contribution in [1.82, 2.24) is 10.2 Å². The van der Waals surface area contributed by atoms with Gasteiger partial charge >= 0.3 is 6.03 Å². The minimum atomic E-state index is -0.974. The van der Waals surface area contributed by atoms with Crippen LogP contribution in [0.2, 0.25) is 0 Å². The molecule has 6 heteroatoms. The first-order valence-corrected chi connectivity index (χ1v) is 7.85. The number of urea groups is 1. The van der Waals surface area contributed by atoms with Gasteiger partial charge in [0.05, 0.1) is 6.54 Å². The van der Waals surface area contributed by atoms with Gasteiger partial charge in [0, 0.05) is 4.88 Å². The summed E-state index contributed by atoms with van der Waals surface area (Å²) in [6.45, 7) is 2.22. The average Bonchev–Trinajstić information content (AvgIpc) is 3.12. The Morgan fingerprint density at radius 1 is 1.18 bits per heavy atom. The summed E-state index contributed by atoms with van der Waals surface area (Å²) in [5.74, 6) is 0.479. The van der Waals surface area contributed by atoms with Crippen molar-refractivity contribution in [3.8, 4) is 5.75 Å². The zero-order chi connectivity index (χ0) is 15.6. The lowest BCUT2D eigenvalue weighted by molar-refractivity contribution is -0.131. The van der Waals surface area contributed by atoms with E-state index in [1.165, 1.54) is 16.2 Å². The Balaban J connectivity index is 1.65. The molecule has 22 heavy (non-hydrogen) atoms. The standard InChI is InChI=1S/C16H16N2O3S/c1-16(13-8-5-11-22-13)14(19)18(15(20)17-16)9-10-21-12-6-3-2-4-7-12/h2-8,11H,9-10H2,1H3,(H,17,20). The smallest absolute Gasteiger partial charge is 0.325 e. The predicted octanol–water partition coefficient (Wildman–Crippen LogP) is 2.59. The lowest BCUT2D eigenvalue weighted by Gasteiger charge is -2.20. The Kier molecular flexibility index (Phi) is 3.85. The van der Waals surface area contributed by atoms with Crippen LogP contribution in [0, 0.1) is 0 Å². The number of thiophene rings is 1. The van der Waals surface area contributed by atoms with Gasteiger partial charge in [0.2, 0.25) is 0 Å². The Morgan fingerprint density at radius 2 is 1.95 bits per heavy atom. The van der Waals surface area contributed by atoms with Crippen LogP contribution < -0.4 is 10.1 Å². The number of nitrogens with zero attached hydrogens (tertiary/aromatic N) is 1.